The maximum Gasteiger partial charge on any atom is 0.263 e. The van der Waals surface area contributed by atoms with Crippen LogP contribution in [0.15, 0.2) is 45.8 Å². The number of halogens is 3. The number of nitrogens with one attached hydrogen (secondary N) is 1. The summed E-state index contributed by atoms with van der Waals surface area (Å²) >= 11 is 15.0. The molecule has 2 aromatic rings. The van der Waals surface area contributed by atoms with Crippen LogP contribution < -0.4 is 10.5 Å². The van der Waals surface area contributed by atoms with Crippen molar-refractivity contribution in [3.63, 3.8) is 0 Å². The van der Waals surface area contributed by atoms with E-state index in [0.29, 0.717) is 20.9 Å². The van der Waals surface area contributed by atoms with Crippen LogP contribution >= 0.6 is 39.1 Å². The topological polar surface area (TPSA) is 72.2 Å². The molecule has 20 heavy (non-hydrogen) atoms. The molecule has 4 nitrogen and oxygen atoms in total. The van der Waals surface area contributed by atoms with Gasteiger partial charge in [0.2, 0.25) is 0 Å². The molecule has 0 atom stereocenters. The van der Waals surface area contributed by atoms with Crippen molar-refractivity contribution in [1.82, 2.24) is 0 Å². The van der Waals surface area contributed by atoms with Crippen LogP contribution in [0.3, 0.4) is 0 Å². The van der Waals surface area contributed by atoms with Gasteiger partial charge >= 0.3 is 0 Å². The molecule has 0 unspecified atom stereocenters. The van der Waals surface area contributed by atoms with Crippen LogP contribution in [0, 0.1) is 0 Å². The maximum atomic E-state index is 12.3. The SMILES string of the molecule is Nc1ccc(Cl)c(S(=O)(=O)Nc2cc(Cl)ccc2Br)c1. The average Bonchev–Trinajstić information content (AvgIpc) is 2.36. The monoisotopic (exact) mass is 394 g/mol. The van der Waals surface area contributed by atoms with E-state index in [9.17, 15) is 8.42 Å². The molecule has 2 rings (SSSR count). The Hall–Kier alpha value is -0.950. The zero-order valence-corrected chi connectivity index (χ0v) is 13.8. The Balaban J connectivity index is 2.46. The van der Waals surface area contributed by atoms with Gasteiger partial charge in [-0.25, -0.2) is 8.42 Å². The zero-order valence-electron chi connectivity index (χ0n) is 9.90. The van der Waals surface area contributed by atoms with Crippen molar-refractivity contribution < 1.29 is 8.42 Å². The predicted octanol–water partition coefficient (Wildman–Crippen LogP) is 4.14. The van der Waals surface area contributed by atoms with E-state index in [1.165, 1.54) is 24.3 Å². The lowest BCUT2D eigenvalue weighted by atomic mass is 10.3. The number of nitrogen functional groups attached to an aromatic ring is 1. The van der Waals surface area contributed by atoms with Crippen molar-refractivity contribution in [2.24, 2.45) is 0 Å². The van der Waals surface area contributed by atoms with E-state index in [1.54, 1.807) is 12.1 Å². The van der Waals surface area contributed by atoms with E-state index in [2.05, 4.69) is 20.7 Å². The van der Waals surface area contributed by atoms with Gasteiger partial charge in [0.05, 0.1) is 10.7 Å². The minimum Gasteiger partial charge on any atom is -0.399 e. The second-order valence-corrected chi connectivity index (χ2v) is 7.27. The van der Waals surface area contributed by atoms with Crippen LogP contribution in [0.1, 0.15) is 0 Å². The van der Waals surface area contributed by atoms with Crippen molar-refractivity contribution in [3.8, 4) is 0 Å². The Morgan fingerprint density at radius 1 is 1.10 bits per heavy atom. The first-order valence-electron chi connectivity index (χ1n) is 5.32. The molecule has 0 saturated carbocycles. The lowest BCUT2D eigenvalue weighted by Crippen LogP contribution is -2.14. The molecule has 0 fully saturated rings. The Kier molecular flexibility index (Phi) is 4.49. The highest BCUT2D eigenvalue weighted by Gasteiger charge is 2.19. The van der Waals surface area contributed by atoms with E-state index >= 15 is 0 Å². The lowest BCUT2D eigenvalue weighted by Gasteiger charge is -2.11. The summed E-state index contributed by atoms with van der Waals surface area (Å²) in [7, 11) is -3.86. The van der Waals surface area contributed by atoms with Crippen molar-refractivity contribution in [3.05, 3.63) is 50.9 Å². The molecular weight excluding hydrogens is 387 g/mol. The molecule has 0 radical (unpaired) electrons. The molecule has 0 saturated heterocycles. The zero-order chi connectivity index (χ0) is 14.9. The molecule has 8 heteroatoms. The van der Waals surface area contributed by atoms with Crippen LogP contribution in [-0.4, -0.2) is 8.42 Å². The molecule has 0 spiro atoms. The van der Waals surface area contributed by atoms with Gasteiger partial charge in [0.25, 0.3) is 10.0 Å². The van der Waals surface area contributed by atoms with Gasteiger partial charge in [-0.15, -0.1) is 0 Å². The normalized spacial score (nSPS) is 11.3. The molecule has 0 amide bonds. The molecular formula is C12H9BrCl2N2O2S. The van der Waals surface area contributed by atoms with E-state index in [-0.39, 0.29) is 9.92 Å². The van der Waals surface area contributed by atoms with Crippen LogP contribution in [0.5, 0.6) is 0 Å². The fraction of sp³-hybridized carbons (Fsp3) is 0. The second kappa shape index (κ2) is 5.81. The molecule has 0 aromatic heterocycles. The third-order valence-electron chi connectivity index (χ3n) is 2.42. The van der Waals surface area contributed by atoms with Crippen molar-refractivity contribution in [2.45, 2.75) is 4.90 Å². The number of rotatable bonds is 3. The summed E-state index contributed by atoms with van der Waals surface area (Å²) in [6, 6.07) is 9.01. The molecule has 0 bridgehead atoms. The number of anilines is 2. The molecule has 0 aliphatic rings. The largest absolute Gasteiger partial charge is 0.399 e. The molecule has 2 aromatic carbocycles. The second-order valence-electron chi connectivity index (χ2n) is 3.92. The first-order chi connectivity index (χ1) is 9.29. The van der Waals surface area contributed by atoms with Gasteiger partial charge in [0.15, 0.2) is 0 Å². The van der Waals surface area contributed by atoms with Crippen LogP contribution in [-0.2, 0) is 10.0 Å². The highest BCUT2D eigenvalue weighted by atomic mass is 79.9. The van der Waals surface area contributed by atoms with Crippen LogP contribution in [0.4, 0.5) is 11.4 Å². The quantitative estimate of drug-likeness (QED) is 0.767. The molecule has 106 valence electrons. The van der Waals surface area contributed by atoms with Crippen LogP contribution in [0.25, 0.3) is 0 Å². The smallest absolute Gasteiger partial charge is 0.263 e. The lowest BCUT2D eigenvalue weighted by molar-refractivity contribution is 0.601. The van der Waals surface area contributed by atoms with E-state index in [1.807, 2.05) is 0 Å². The van der Waals surface area contributed by atoms with Gasteiger partial charge in [-0.05, 0) is 52.3 Å². The van der Waals surface area contributed by atoms with Gasteiger partial charge in [0.1, 0.15) is 4.90 Å². The summed E-state index contributed by atoms with van der Waals surface area (Å²) in [5.74, 6) is 0. The van der Waals surface area contributed by atoms with E-state index in [4.69, 9.17) is 28.9 Å². The molecule has 0 aliphatic carbocycles. The summed E-state index contributed by atoms with van der Waals surface area (Å²) < 4.78 is 27.6. The first-order valence-corrected chi connectivity index (χ1v) is 8.36. The predicted molar refractivity (Wildman–Crippen MR) is 85.8 cm³/mol. The van der Waals surface area contributed by atoms with E-state index < -0.39 is 10.0 Å². The Labute approximate surface area is 135 Å². The highest BCUT2D eigenvalue weighted by molar-refractivity contribution is 9.10. The summed E-state index contributed by atoms with van der Waals surface area (Å²) in [5.41, 5.74) is 6.21. The van der Waals surface area contributed by atoms with Crippen molar-refractivity contribution in [2.75, 3.05) is 10.5 Å². The summed E-state index contributed by atoms with van der Waals surface area (Å²) in [5, 5.41) is 0.495. The Morgan fingerprint density at radius 2 is 1.80 bits per heavy atom. The van der Waals surface area contributed by atoms with Gasteiger partial charge < -0.3 is 5.73 Å². The Bertz CT molecular complexity index is 766. The van der Waals surface area contributed by atoms with Gasteiger partial charge in [0, 0.05) is 15.2 Å². The minimum absolute atomic E-state index is 0.0878. The fourth-order valence-corrected chi connectivity index (χ4v) is 3.76. The summed E-state index contributed by atoms with van der Waals surface area (Å²) in [6.45, 7) is 0. The number of hydrogen-bond donors (Lipinski definition) is 2. The van der Waals surface area contributed by atoms with E-state index in [0.717, 1.165) is 0 Å². The number of sulfonamides is 1. The number of benzene rings is 2. The molecule has 3 N–H and O–H groups in total. The Morgan fingerprint density at radius 3 is 2.50 bits per heavy atom. The molecule has 0 aliphatic heterocycles. The standard InChI is InChI=1S/C12H9BrCl2N2O2S/c13-9-3-1-7(14)5-11(9)17-20(18,19)12-6-8(16)2-4-10(12)15/h1-6,17H,16H2. The minimum atomic E-state index is -3.86. The number of hydrogen-bond acceptors (Lipinski definition) is 3. The highest BCUT2D eigenvalue weighted by Crippen LogP contribution is 2.30. The van der Waals surface area contributed by atoms with Gasteiger partial charge in [-0.2, -0.15) is 0 Å². The third-order valence-corrected chi connectivity index (χ3v) is 5.19. The van der Waals surface area contributed by atoms with Crippen LogP contribution in [0.2, 0.25) is 10.0 Å². The van der Waals surface area contributed by atoms with Crippen molar-refractivity contribution in [1.29, 1.82) is 0 Å². The number of nitrogens with two attached hydrogens (primary N) is 1. The molecule has 0 heterocycles. The van der Waals surface area contributed by atoms with Gasteiger partial charge in [-0.1, -0.05) is 23.2 Å². The summed E-state index contributed by atoms with van der Waals surface area (Å²) in [6.07, 6.45) is 0. The fourth-order valence-electron chi connectivity index (χ4n) is 1.50. The maximum absolute atomic E-state index is 12.3. The van der Waals surface area contributed by atoms with Gasteiger partial charge in [-0.3, -0.25) is 4.72 Å². The summed E-state index contributed by atoms with van der Waals surface area (Å²) in [4.78, 5) is -0.0916. The third kappa shape index (κ3) is 3.38. The van der Waals surface area contributed by atoms with Crippen molar-refractivity contribution >= 4 is 60.5 Å². The average molecular weight is 396 g/mol. The first kappa shape index (κ1) is 15.4.